The number of ether oxygens (including phenoxy) is 2. The third-order valence-electron chi connectivity index (χ3n) is 6.93. The minimum absolute atomic E-state index is 0.150. The predicted octanol–water partition coefficient (Wildman–Crippen LogP) is 2.76. The Bertz CT molecular complexity index is 1790. The highest BCUT2D eigenvalue weighted by atomic mass is 32.2. The number of benzene rings is 2. The van der Waals surface area contributed by atoms with Gasteiger partial charge in [-0.2, -0.15) is 0 Å². The van der Waals surface area contributed by atoms with Crippen LogP contribution in [0.15, 0.2) is 132 Å². The van der Waals surface area contributed by atoms with Gasteiger partial charge in [-0.15, -0.1) is 0 Å². The van der Waals surface area contributed by atoms with E-state index in [1.807, 2.05) is 0 Å². The van der Waals surface area contributed by atoms with Crippen molar-refractivity contribution in [3.63, 3.8) is 0 Å². The molecular formula is C32H22N2O8S. The van der Waals surface area contributed by atoms with Crippen LogP contribution in [0.25, 0.3) is 0 Å². The second kappa shape index (κ2) is 10.5. The average Bonchev–Trinajstić information content (AvgIpc) is 3.54. The van der Waals surface area contributed by atoms with Gasteiger partial charge >= 0.3 is 0 Å². The van der Waals surface area contributed by atoms with E-state index < -0.39 is 44.9 Å². The highest BCUT2D eigenvalue weighted by molar-refractivity contribution is 8.01. The summed E-state index contributed by atoms with van der Waals surface area (Å²) in [5.74, 6) is -1.79. The number of carbonyl (C=O) groups excluding carboxylic acids is 4. The number of amides is 4. The predicted molar refractivity (Wildman–Crippen MR) is 155 cm³/mol. The quantitative estimate of drug-likeness (QED) is 0.272. The molecule has 0 spiro atoms. The van der Waals surface area contributed by atoms with E-state index in [2.05, 4.69) is 0 Å². The van der Waals surface area contributed by atoms with E-state index in [9.17, 15) is 27.9 Å². The molecule has 11 heteroatoms. The molecule has 2 heterocycles. The molecule has 0 radical (unpaired) electrons. The van der Waals surface area contributed by atoms with Crippen LogP contribution in [-0.4, -0.2) is 58.5 Å². The summed E-state index contributed by atoms with van der Waals surface area (Å²) in [5.41, 5.74) is -3.44. The molecule has 6 rings (SSSR count). The lowest BCUT2D eigenvalue weighted by Gasteiger charge is -2.37. The molecule has 0 bridgehead atoms. The summed E-state index contributed by atoms with van der Waals surface area (Å²) in [6.07, 6.45) is 14.7. The van der Waals surface area contributed by atoms with Gasteiger partial charge in [-0.05, 0) is 48.6 Å². The molecule has 2 aliphatic carbocycles. The minimum Gasteiger partial charge on any atom is -0.758 e. The number of carbonyl (C=O) groups is 4. The van der Waals surface area contributed by atoms with Crippen LogP contribution in [0.4, 0.5) is 0 Å². The van der Waals surface area contributed by atoms with Crippen molar-refractivity contribution in [2.24, 2.45) is 0 Å². The molecule has 10 nitrogen and oxygen atoms in total. The Morgan fingerprint density at radius 3 is 1.60 bits per heavy atom. The monoisotopic (exact) mass is 594 g/mol. The van der Waals surface area contributed by atoms with Crippen molar-refractivity contribution < 1.29 is 37.4 Å². The van der Waals surface area contributed by atoms with Gasteiger partial charge in [0, 0.05) is 51.1 Å². The Morgan fingerprint density at radius 2 is 1.12 bits per heavy atom. The largest absolute Gasteiger partial charge is 0.758 e. The fourth-order valence-corrected chi connectivity index (χ4v) is 6.15. The number of imide groups is 2. The van der Waals surface area contributed by atoms with Crippen molar-refractivity contribution in [2.75, 3.05) is 0 Å². The Labute approximate surface area is 247 Å². The van der Waals surface area contributed by atoms with Crippen molar-refractivity contribution in [2.45, 2.75) is 11.4 Å². The van der Waals surface area contributed by atoms with Crippen molar-refractivity contribution in [3.8, 4) is 11.5 Å². The first-order valence-corrected chi connectivity index (χ1v) is 14.5. The zero-order valence-corrected chi connectivity index (χ0v) is 23.1. The van der Waals surface area contributed by atoms with E-state index >= 15 is 0 Å². The Hall–Kier alpha value is -5.39. The van der Waals surface area contributed by atoms with E-state index in [-0.39, 0.29) is 9.77 Å². The average molecular weight is 595 g/mol. The molecule has 0 fully saturated rings. The number of hydrogen-bond donors (Lipinski definition) is 0. The van der Waals surface area contributed by atoms with Crippen molar-refractivity contribution in [1.29, 1.82) is 0 Å². The van der Waals surface area contributed by atoms with Crippen LogP contribution in [0.5, 0.6) is 11.5 Å². The number of hydrogen-bond acceptors (Lipinski definition) is 8. The molecule has 0 saturated carbocycles. The Kier molecular flexibility index (Phi) is 6.76. The minimum atomic E-state index is -4.17. The Morgan fingerprint density at radius 1 is 0.628 bits per heavy atom. The summed E-state index contributed by atoms with van der Waals surface area (Å²) in [4.78, 5) is 51.9. The maximum absolute atomic E-state index is 13.7. The smallest absolute Gasteiger partial charge is 0.300 e. The lowest BCUT2D eigenvalue weighted by molar-refractivity contribution is -0.151. The maximum Gasteiger partial charge on any atom is 0.300 e. The van der Waals surface area contributed by atoms with Gasteiger partial charge in [0.1, 0.15) is 28.9 Å². The number of para-hydroxylation sites is 2. The molecule has 0 aromatic heterocycles. The molecule has 2 atom stereocenters. The molecule has 43 heavy (non-hydrogen) atoms. The molecule has 4 aliphatic rings. The fourth-order valence-electron chi connectivity index (χ4n) is 4.89. The molecule has 4 amide bonds. The first-order chi connectivity index (χ1) is 20.6. The molecule has 0 saturated heterocycles. The molecular weight excluding hydrogens is 572 g/mol. The molecule has 2 aliphatic heterocycles. The third-order valence-corrected chi connectivity index (χ3v) is 8.72. The maximum atomic E-state index is 13.7. The topological polar surface area (TPSA) is 133 Å². The van der Waals surface area contributed by atoms with Gasteiger partial charge < -0.3 is 14.0 Å². The van der Waals surface area contributed by atoms with Gasteiger partial charge in [0.15, 0.2) is 0 Å². The van der Waals surface area contributed by atoms with Gasteiger partial charge in [-0.3, -0.25) is 23.4 Å². The van der Waals surface area contributed by atoms with Crippen molar-refractivity contribution >= 4 is 38.3 Å². The van der Waals surface area contributed by atoms with E-state index in [4.69, 9.17) is 9.47 Å². The van der Waals surface area contributed by atoms with Gasteiger partial charge in [0.2, 0.25) is 5.72 Å². The normalized spacial score (nSPS) is 23.5. The first-order valence-electron chi connectivity index (χ1n) is 13.0. The van der Waals surface area contributed by atoms with Crippen LogP contribution in [0, 0.1) is 6.42 Å². The number of allylic oxidation sites excluding steroid dienone is 3. The number of nitrogens with zero attached hydrogens (tertiary/aromatic N) is 2. The zero-order chi connectivity index (χ0) is 30.2. The van der Waals surface area contributed by atoms with E-state index in [0.29, 0.717) is 11.5 Å². The van der Waals surface area contributed by atoms with E-state index in [1.54, 1.807) is 60.7 Å². The van der Waals surface area contributed by atoms with Crippen LogP contribution in [0.1, 0.15) is 0 Å². The van der Waals surface area contributed by atoms with Gasteiger partial charge in [0.25, 0.3) is 29.4 Å². The molecule has 214 valence electrons. The van der Waals surface area contributed by atoms with Crippen molar-refractivity contribution in [1.82, 2.24) is 9.80 Å². The van der Waals surface area contributed by atoms with Crippen LogP contribution in [0.3, 0.4) is 0 Å². The second-order valence-corrected chi connectivity index (χ2v) is 11.6. The molecule has 0 N–H and O–H groups in total. The highest BCUT2D eigenvalue weighted by Crippen LogP contribution is 2.35. The summed E-state index contributed by atoms with van der Waals surface area (Å²) in [6.45, 7) is 0. The van der Waals surface area contributed by atoms with Crippen LogP contribution >= 0.6 is 0 Å². The standard InChI is InChI=1S/C32H22N2O8S/c35-27-11-12-28(36)33(27)31(41-23-7-3-1-4-8-23)19-15-25(16-20-31)43(39,40)26-17-21-32(22-18-26,34-29(37)13-14-30(34)38)42-24-9-5-2-6-10-24/h1-22H. The third kappa shape index (κ3) is 4.90. The Balaban J connectivity index is 1.34. The van der Waals surface area contributed by atoms with Crippen molar-refractivity contribution in [3.05, 3.63) is 139 Å². The van der Waals surface area contributed by atoms with Crippen LogP contribution < -0.4 is 9.47 Å². The van der Waals surface area contributed by atoms with Crippen LogP contribution in [0.2, 0.25) is 0 Å². The lowest BCUT2D eigenvalue weighted by Crippen LogP contribution is -2.55. The van der Waals surface area contributed by atoms with Gasteiger partial charge in [0.05, 0.1) is 0 Å². The van der Waals surface area contributed by atoms with Gasteiger partial charge in [-0.1, -0.05) is 36.4 Å². The summed E-state index contributed by atoms with van der Waals surface area (Å²) in [7, 11) is -4.17. The van der Waals surface area contributed by atoms with E-state index in [1.165, 1.54) is 49.0 Å². The zero-order valence-electron chi connectivity index (χ0n) is 22.3. The summed E-state index contributed by atoms with van der Waals surface area (Å²) in [5, 5.41) is 0. The highest BCUT2D eigenvalue weighted by Gasteiger charge is 2.51. The van der Waals surface area contributed by atoms with E-state index in [0.717, 1.165) is 34.1 Å². The number of rotatable bonds is 7. The van der Waals surface area contributed by atoms with Crippen LogP contribution in [-0.2, 0) is 29.0 Å². The molecule has 2 aromatic carbocycles. The first kappa shape index (κ1) is 27.8. The second-order valence-electron chi connectivity index (χ2n) is 9.67. The lowest BCUT2D eigenvalue weighted by atomic mass is 10.0. The molecule has 2 aromatic rings. The fraction of sp³-hybridized carbons (Fsp3) is 0.0625. The van der Waals surface area contributed by atoms with Gasteiger partial charge in [-0.25, -0.2) is 9.80 Å². The summed E-state index contributed by atoms with van der Waals surface area (Å²) < 4.78 is 39.5. The summed E-state index contributed by atoms with van der Waals surface area (Å²) in [6, 6.07) is 17.0. The molecule has 2 unspecified atom stereocenters. The SMILES string of the molecule is O=C1C=CC(=O)N1C1(Oc2ccccc2)C=CC(=S(=O)([O-])C2=C[CH+]C(Oc3ccccc3)(N3C(=O)C=CC3=O)C=C2)C=C1. The summed E-state index contributed by atoms with van der Waals surface area (Å²) >= 11 is 0.